The molecule has 0 bridgehead atoms. The molecule has 0 aromatic carbocycles. The van der Waals surface area contributed by atoms with Gasteiger partial charge in [0.2, 0.25) is 0 Å². The second-order valence-electron chi connectivity index (χ2n) is 2.62. The number of hydrogen-bond donors (Lipinski definition) is 2. The van der Waals surface area contributed by atoms with Gasteiger partial charge in [0.05, 0.1) is 6.54 Å². The third kappa shape index (κ3) is 2.84. The zero-order valence-electron chi connectivity index (χ0n) is 7.40. The summed E-state index contributed by atoms with van der Waals surface area (Å²) in [6.07, 6.45) is 1.53. The zero-order chi connectivity index (χ0) is 10.4. The number of aromatic nitrogens is 1. The van der Waals surface area contributed by atoms with Gasteiger partial charge in [-0.25, -0.2) is 4.98 Å². The molecule has 0 aliphatic rings. The number of nitrogens with one attached hydrogen (secondary N) is 1. The zero-order valence-corrected chi connectivity index (χ0v) is 7.40. The first-order valence-corrected chi connectivity index (χ1v) is 4.00. The van der Waals surface area contributed by atoms with E-state index in [9.17, 15) is 4.79 Å². The summed E-state index contributed by atoms with van der Waals surface area (Å²) in [5.74, 6) is -0.924. The summed E-state index contributed by atoms with van der Waals surface area (Å²) in [6.45, 7) is 0.211. The van der Waals surface area contributed by atoms with Gasteiger partial charge in [-0.1, -0.05) is 6.07 Å². The van der Waals surface area contributed by atoms with Gasteiger partial charge in [-0.05, 0) is 6.07 Å². The predicted molar refractivity (Wildman–Crippen MR) is 48.3 cm³/mol. The van der Waals surface area contributed by atoms with Crippen LogP contribution < -0.4 is 5.32 Å². The highest BCUT2D eigenvalue weighted by molar-refractivity contribution is 5.69. The van der Waals surface area contributed by atoms with Crippen LogP contribution in [0.5, 0.6) is 0 Å². The van der Waals surface area contributed by atoms with Gasteiger partial charge in [0.15, 0.2) is 0 Å². The van der Waals surface area contributed by atoms with E-state index in [0.717, 1.165) is 0 Å². The lowest BCUT2D eigenvalue weighted by Crippen LogP contribution is -2.22. The van der Waals surface area contributed by atoms with Gasteiger partial charge in [-0.3, -0.25) is 4.79 Å². The minimum Gasteiger partial charge on any atom is -0.480 e. The van der Waals surface area contributed by atoms with Crippen molar-refractivity contribution >= 4 is 5.97 Å². The lowest BCUT2D eigenvalue weighted by atomic mass is 10.2. The maximum Gasteiger partial charge on any atom is 0.317 e. The van der Waals surface area contributed by atoms with E-state index >= 15 is 0 Å². The Labute approximate surface area is 81.0 Å². The molecule has 0 unspecified atom stereocenters. The molecule has 14 heavy (non-hydrogen) atoms. The monoisotopic (exact) mass is 191 g/mol. The Bertz CT molecular complexity index is 371. The summed E-state index contributed by atoms with van der Waals surface area (Å²) in [7, 11) is 0. The van der Waals surface area contributed by atoms with Crippen LogP contribution in [0.3, 0.4) is 0 Å². The van der Waals surface area contributed by atoms with Crippen LogP contribution in [0.25, 0.3) is 0 Å². The van der Waals surface area contributed by atoms with Crippen molar-refractivity contribution in [2.75, 3.05) is 6.54 Å². The lowest BCUT2D eigenvalue weighted by Gasteiger charge is -2.02. The lowest BCUT2D eigenvalue weighted by molar-refractivity contribution is -0.135. The molecule has 1 rings (SSSR count). The second-order valence-corrected chi connectivity index (χ2v) is 2.62. The summed E-state index contributed by atoms with van der Waals surface area (Å²) >= 11 is 0. The van der Waals surface area contributed by atoms with Gasteiger partial charge < -0.3 is 10.4 Å². The Morgan fingerprint density at radius 2 is 2.50 bits per heavy atom. The first-order chi connectivity index (χ1) is 6.74. The topological polar surface area (TPSA) is 86.0 Å². The van der Waals surface area contributed by atoms with Crippen LogP contribution in [0.2, 0.25) is 0 Å². The molecule has 0 saturated heterocycles. The van der Waals surface area contributed by atoms with Crippen LogP contribution in [0.1, 0.15) is 11.3 Å². The number of carbonyl (C=O) groups is 1. The van der Waals surface area contributed by atoms with Crippen LogP contribution in [-0.2, 0) is 11.3 Å². The molecule has 0 spiro atoms. The van der Waals surface area contributed by atoms with Crippen molar-refractivity contribution in [2.45, 2.75) is 6.54 Å². The first-order valence-electron chi connectivity index (χ1n) is 4.00. The van der Waals surface area contributed by atoms with Gasteiger partial charge in [0.1, 0.15) is 11.8 Å². The van der Waals surface area contributed by atoms with Gasteiger partial charge in [-0.2, -0.15) is 5.26 Å². The number of hydrogen-bond acceptors (Lipinski definition) is 4. The van der Waals surface area contributed by atoms with Gasteiger partial charge >= 0.3 is 5.97 Å². The summed E-state index contributed by atoms with van der Waals surface area (Å²) in [5, 5.41) is 19.7. The van der Waals surface area contributed by atoms with Crippen molar-refractivity contribution in [3.05, 3.63) is 29.6 Å². The van der Waals surface area contributed by atoms with E-state index in [1.807, 2.05) is 6.07 Å². The highest BCUT2D eigenvalue weighted by Crippen LogP contribution is 2.02. The number of rotatable bonds is 4. The third-order valence-corrected chi connectivity index (χ3v) is 1.59. The Balaban J connectivity index is 2.59. The van der Waals surface area contributed by atoms with Crippen molar-refractivity contribution in [3.8, 4) is 6.07 Å². The van der Waals surface area contributed by atoms with Crippen LogP contribution >= 0.6 is 0 Å². The van der Waals surface area contributed by atoms with Crippen LogP contribution in [0, 0.1) is 11.3 Å². The smallest absolute Gasteiger partial charge is 0.317 e. The molecule has 5 nitrogen and oxygen atoms in total. The molecule has 0 atom stereocenters. The largest absolute Gasteiger partial charge is 0.480 e. The molecule has 1 aromatic heterocycles. The highest BCUT2D eigenvalue weighted by Gasteiger charge is 2.02. The minimum atomic E-state index is -0.924. The van der Waals surface area contributed by atoms with E-state index in [1.54, 1.807) is 12.1 Å². The fourth-order valence-electron chi connectivity index (χ4n) is 0.986. The molecular formula is C9H9N3O2. The fourth-order valence-corrected chi connectivity index (χ4v) is 0.986. The standard InChI is InChI=1S/C9H9N3O2/c10-4-8-7(2-1-3-12-8)5-11-6-9(13)14/h1-3,11H,5-6H2,(H,13,14). The van der Waals surface area contributed by atoms with Gasteiger partial charge in [0.25, 0.3) is 0 Å². The van der Waals surface area contributed by atoms with E-state index in [2.05, 4.69) is 10.3 Å². The molecule has 72 valence electrons. The molecule has 0 radical (unpaired) electrons. The normalized spacial score (nSPS) is 9.36. The molecule has 0 fully saturated rings. The van der Waals surface area contributed by atoms with E-state index < -0.39 is 5.97 Å². The Hall–Kier alpha value is -1.93. The molecular weight excluding hydrogens is 182 g/mol. The van der Waals surface area contributed by atoms with E-state index in [0.29, 0.717) is 17.8 Å². The summed E-state index contributed by atoms with van der Waals surface area (Å²) < 4.78 is 0. The number of nitrogens with zero attached hydrogens (tertiary/aromatic N) is 2. The van der Waals surface area contributed by atoms with Crippen molar-refractivity contribution < 1.29 is 9.90 Å². The van der Waals surface area contributed by atoms with E-state index in [4.69, 9.17) is 10.4 Å². The Morgan fingerprint density at radius 3 is 3.14 bits per heavy atom. The second kappa shape index (κ2) is 4.94. The molecule has 1 aromatic rings. The van der Waals surface area contributed by atoms with E-state index in [-0.39, 0.29) is 6.54 Å². The number of carboxylic acids is 1. The molecule has 0 amide bonds. The fraction of sp³-hybridized carbons (Fsp3) is 0.222. The van der Waals surface area contributed by atoms with Gasteiger partial charge in [0, 0.05) is 18.3 Å². The van der Waals surface area contributed by atoms with Crippen LogP contribution in [-0.4, -0.2) is 22.6 Å². The van der Waals surface area contributed by atoms with Crippen molar-refractivity contribution in [2.24, 2.45) is 0 Å². The SMILES string of the molecule is N#Cc1ncccc1CNCC(=O)O. The Morgan fingerprint density at radius 1 is 1.71 bits per heavy atom. The quantitative estimate of drug-likeness (QED) is 0.706. The van der Waals surface area contributed by atoms with Crippen molar-refractivity contribution in [1.82, 2.24) is 10.3 Å². The van der Waals surface area contributed by atoms with Crippen molar-refractivity contribution in [1.29, 1.82) is 5.26 Å². The number of aliphatic carboxylic acids is 1. The molecule has 0 saturated carbocycles. The van der Waals surface area contributed by atoms with E-state index in [1.165, 1.54) is 6.20 Å². The third-order valence-electron chi connectivity index (χ3n) is 1.59. The van der Waals surface area contributed by atoms with Crippen LogP contribution in [0.4, 0.5) is 0 Å². The summed E-state index contributed by atoms with van der Waals surface area (Å²) in [6, 6.07) is 5.38. The molecule has 1 heterocycles. The molecule has 0 aliphatic carbocycles. The van der Waals surface area contributed by atoms with Crippen molar-refractivity contribution in [3.63, 3.8) is 0 Å². The predicted octanol–water partition coefficient (Wildman–Crippen LogP) is 0.127. The maximum absolute atomic E-state index is 10.2. The average Bonchev–Trinajstić information content (AvgIpc) is 2.18. The Kier molecular flexibility index (Phi) is 3.58. The molecule has 2 N–H and O–H groups in total. The van der Waals surface area contributed by atoms with Crippen LogP contribution in [0.15, 0.2) is 18.3 Å². The minimum absolute atomic E-state index is 0.125. The van der Waals surface area contributed by atoms with Gasteiger partial charge in [-0.15, -0.1) is 0 Å². The summed E-state index contributed by atoms with van der Waals surface area (Å²) in [4.78, 5) is 14.0. The maximum atomic E-state index is 10.2. The number of pyridine rings is 1. The average molecular weight is 191 g/mol. The first kappa shape index (κ1) is 10.2. The summed E-state index contributed by atoms with van der Waals surface area (Å²) in [5.41, 5.74) is 1.03. The number of carboxylic acid groups (broad SMARTS) is 1. The molecule has 5 heteroatoms. The number of nitriles is 1. The molecule has 0 aliphatic heterocycles. The highest BCUT2D eigenvalue weighted by atomic mass is 16.4.